The van der Waals surface area contributed by atoms with Gasteiger partial charge >= 0.3 is 6.18 Å². The Morgan fingerprint density at radius 2 is 1.90 bits per heavy atom. The molecule has 2 N–H and O–H groups in total. The first kappa shape index (κ1) is 33.5. The van der Waals surface area contributed by atoms with Crippen LogP contribution in [0.3, 0.4) is 0 Å². The van der Waals surface area contributed by atoms with Crippen LogP contribution in [0.25, 0.3) is 11.4 Å². The number of anilines is 2. The average molecular weight is 717 g/mol. The molecule has 3 aliphatic rings. The zero-order chi connectivity index (χ0) is 35.5. The fraction of sp³-hybridized carbons (Fsp3) is 0.375. The van der Waals surface area contributed by atoms with Crippen LogP contribution < -0.4 is 15.8 Å². The van der Waals surface area contributed by atoms with Crippen molar-refractivity contribution >= 4 is 46.1 Å². The number of amides is 2. The van der Waals surface area contributed by atoms with Gasteiger partial charge in [-0.1, -0.05) is 24.6 Å². The number of rotatable bonds is 5. The highest BCUT2D eigenvalue weighted by molar-refractivity contribution is 6.33. The predicted octanol–water partition coefficient (Wildman–Crippen LogP) is 4.26. The SMILES string of the molecule is C[C@@H]1C[C@H](C(=O)Nc2ccc(C(F)(F)F)cc2Cl)n2c1c(N1CCN(C(=O)c3ccnc(F)c3O)CC1)c(=O)n1nc(C3=CCOCC3)nc21. The van der Waals surface area contributed by atoms with E-state index in [4.69, 9.17) is 21.3 Å². The van der Waals surface area contributed by atoms with Gasteiger partial charge in [-0.3, -0.25) is 19.0 Å². The topological polar surface area (TPSA) is 147 Å². The normalized spacial score (nSPS) is 19.4. The molecule has 2 atom stereocenters. The van der Waals surface area contributed by atoms with Gasteiger partial charge in [-0.05, 0) is 42.7 Å². The largest absolute Gasteiger partial charge is 0.503 e. The molecule has 1 aromatic carbocycles. The van der Waals surface area contributed by atoms with Gasteiger partial charge in [0.1, 0.15) is 11.7 Å². The van der Waals surface area contributed by atoms with Crippen LogP contribution in [0.5, 0.6) is 5.75 Å². The highest BCUT2D eigenvalue weighted by atomic mass is 35.5. The standard InChI is InChI=1S/C32H29ClF4N8O5/c1-16-14-22(28(47)39-21-3-2-18(15-20(21)33)32(35,36)37)44-23(16)24(30(49)45-31(44)40-27(41-45)17-5-12-50-13-6-17)42-8-10-43(11-9-42)29(48)19-4-7-38-26(34)25(19)46/h2-5,7,15-16,22,46H,6,8-14H2,1H3,(H,39,47)/t16-,22-/m1/s1. The zero-order valence-electron chi connectivity index (χ0n) is 26.4. The van der Waals surface area contributed by atoms with Gasteiger partial charge in [-0.25, -0.2) is 4.98 Å². The van der Waals surface area contributed by atoms with Crippen LogP contribution >= 0.6 is 11.6 Å². The van der Waals surface area contributed by atoms with E-state index in [1.807, 2.05) is 13.0 Å². The minimum absolute atomic E-state index is 0.0153. The van der Waals surface area contributed by atoms with Gasteiger partial charge in [0, 0.05) is 38.3 Å². The van der Waals surface area contributed by atoms with Crippen molar-refractivity contribution in [2.45, 2.75) is 37.9 Å². The van der Waals surface area contributed by atoms with E-state index in [1.54, 1.807) is 9.47 Å². The number of hydrogen-bond donors (Lipinski definition) is 2. The van der Waals surface area contributed by atoms with Crippen molar-refractivity contribution in [1.82, 2.24) is 29.0 Å². The summed E-state index contributed by atoms with van der Waals surface area (Å²) >= 11 is 6.16. The molecule has 1 saturated heterocycles. The number of halogens is 5. The smallest absolute Gasteiger partial charge is 0.416 e. The lowest BCUT2D eigenvalue weighted by Gasteiger charge is -2.36. The summed E-state index contributed by atoms with van der Waals surface area (Å²) in [4.78, 5) is 52.6. The molecule has 0 aliphatic carbocycles. The Hall–Kier alpha value is -5.03. The number of carbonyl (C=O) groups excluding carboxylic acids is 2. The van der Waals surface area contributed by atoms with E-state index in [1.165, 1.54) is 11.0 Å². The van der Waals surface area contributed by atoms with E-state index in [9.17, 15) is 37.1 Å². The number of pyridine rings is 1. The highest BCUT2D eigenvalue weighted by Gasteiger charge is 2.41. The third-order valence-electron chi connectivity index (χ3n) is 9.16. The van der Waals surface area contributed by atoms with Crippen molar-refractivity contribution in [2.75, 3.05) is 49.6 Å². The first-order chi connectivity index (χ1) is 23.8. The molecule has 2 amide bonds. The fourth-order valence-electron chi connectivity index (χ4n) is 6.66. The summed E-state index contributed by atoms with van der Waals surface area (Å²) in [6.45, 7) is 3.24. The van der Waals surface area contributed by atoms with Gasteiger partial charge in [0.05, 0.1) is 40.7 Å². The first-order valence-electron chi connectivity index (χ1n) is 15.7. The Kier molecular flexibility index (Phi) is 8.50. The molecule has 3 aromatic heterocycles. The van der Waals surface area contributed by atoms with Crippen LogP contribution in [-0.4, -0.2) is 85.4 Å². The quantitative estimate of drug-likeness (QED) is 0.229. The molecule has 7 rings (SSSR count). The molecule has 3 aliphatic heterocycles. The number of aromatic nitrogens is 5. The van der Waals surface area contributed by atoms with Crippen LogP contribution in [0.15, 0.2) is 41.3 Å². The summed E-state index contributed by atoms with van der Waals surface area (Å²) in [5, 5.41) is 17.0. The Balaban J connectivity index is 1.26. The number of nitrogens with zero attached hydrogens (tertiary/aromatic N) is 7. The molecule has 1 fully saturated rings. The van der Waals surface area contributed by atoms with Crippen molar-refractivity contribution in [2.24, 2.45) is 0 Å². The molecule has 0 spiro atoms. The summed E-state index contributed by atoms with van der Waals surface area (Å²) in [6.07, 6.45) is -0.996. The number of fused-ring (bicyclic) bond motifs is 3. The number of carbonyl (C=O) groups is 2. The van der Waals surface area contributed by atoms with Crippen molar-refractivity contribution in [3.05, 3.63) is 80.5 Å². The lowest BCUT2D eigenvalue weighted by molar-refractivity contribution is -0.137. The molecule has 13 nitrogen and oxygen atoms in total. The maximum Gasteiger partial charge on any atom is 0.416 e. The molecular weight excluding hydrogens is 688 g/mol. The number of alkyl halides is 3. The summed E-state index contributed by atoms with van der Waals surface area (Å²) in [5.41, 5.74) is -0.161. The number of aromatic hydroxyl groups is 1. The average Bonchev–Trinajstić information content (AvgIpc) is 3.69. The van der Waals surface area contributed by atoms with Crippen LogP contribution in [0.1, 0.15) is 59.2 Å². The second-order valence-electron chi connectivity index (χ2n) is 12.2. The Bertz CT molecular complexity index is 2130. The Morgan fingerprint density at radius 1 is 1.14 bits per heavy atom. The van der Waals surface area contributed by atoms with Crippen LogP contribution in [0, 0.1) is 5.95 Å². The van der Waals surface area contributed by atoms with Gasteiger partial charge in [-0.15, -0.1) is 5.10 Å². The summed E-state index contributed by atoms with van der Waals surface area (Å²) in [5.74, 6) is -3.14. The molecule has 0 unspecified atom stereocenters. The second-order valence-corrected chi connectivity index (χ2v) is 12.6. The molecule has 6 heterocycles. The predicted molar refractivity (Wildman–Crippen MR) is 172 cm³/mol. The molecule has 4 aromatic rings. The van der Waals surface area contributed by atoms with E-state index >= 15 is 0 Å². The maximum absolute atomic E-state index is 14.3. The third kappa shape index (κ3) is 5.83. The highest BCUT2D eigenvalue weighted by Crippen LogP contribution is 2.42. The van der Waals surface area contributed by atoms with Crippen molar-refractivity contribution in [3.63, 3.8) is 0 Å². The molecule has 0 radical (unpaired) electrons. The number of nitrogens with one attached hydrogen (secondary N) is 1. The van der Waals surface area contributed by atoms with Crippen molar-refractivity contribution in [3.8, 4) is 5.75 Å². The van der Waals surface area contributed by atoms with Gasteiger partial charge in [-0.2, -0.15) is 27.1 Å². The minimum Gasteiger partial charge on any atom is -0.503 e. The van der Waals surface area contributed by atoms with Crippen LogP contribution in [-0.2, 0) is 15.7 Å². The molecular formula is C32H29ClF4N8O5. The van der Waals surface area contributed by atoms with Gasteiger partial charge in [0.2, 0.25) is 11.7 Å². The van der Waals surface area contributed by atoms with Crippen LogP contribution in [0.2, 0.25) is 5.02 Å². The van der Waals surface area contributed by atoms with Gasteiger partial charge < -0.3 is 25.0 Å². The number of benzene rings is 1. The lowest BCUT2D eigenvalue weighted by Crippen LogP contribution is -2.50. The maximum atomic E-state index is 14.3. The summed E-state index contributed by atoms with van der Waals surface area (Å²) in [6, 6.07) is 2.92. The van der Waals surface area contributed by atoms with Crippen molar-refractivity contribution in [1.29, 1.82) is 0 Å². The lowest BCUT2D eigenvalue weighted by atomic mass is 10.0. The molecule has 0 bridgehead atoms. The molecule has 0 saturated carbocycles. The molecule has 18 heteroatoms. The number of hydrogen-bond acceptors (Lipinski definition) is 9. The first-order valence-corrected chi connectivity index (χ1v) is 16.1. The van der Waals surface area contributed by atoms with Gasteiger partial charge in [0.25, 0.3) is 17.4 Å². The van der Waals surface area contributed by atoms with E-state index in [0.29, 0.717) is 31.2 Å². The van der Waals surface area contributed by atoms with Crippen LogP contribution in [0.4, 0.5) is 28.9 Å². The van der Waals surface area contributed by atoms with E-state index in [-0.39, 0.29) is 66.3 Å². The monoisotopic (exact) mass is 716 g/mol. The Labute approximate surface area is 285 Å². The minimum atomic E-state index is -4.62. The zero-order valence-corrected chi connectivity index (χ0v) is 27.1. The molecule has 262 valence electrons. The number of ether oxygens (including phenoxy) is 1. The third-order valence-corrected chi connectivity index (χ3v) is 9.47. The second kappa shape index (κ2) is 12.7. The van der Waals surface area contributed by atoms with E-state index < -0.39 is 46.9 Å². The number of piperazine rings is 1. The Morgan fingerprint density at radius 3 is 2.58 bits per heavy atom. The molecule has 50 heavy (non-hydrogen) atoms. The van der Waals surface area contributed by atoms with Crippen molar-refractivity contribution < 1.29 is 37.0 Å². The summed E-state index contributed by atoms with van der Waals surface area (Å²) in [7, 11) is 0. The summed E-state index contributed by atoms with van der Waals surface area (Å²) < 4.78 is 61.8. The van der Waals surface area contributed by atoms with Gasteiger partial charge in [0.15, 0.2) is 11.6 Å². The fourth-order valence-corrected chi connectivity index (χ4v) is 6.89. The van der Waals surface area contributed by atoms with E-state index in [2.05, 4.69) is 15.4 Å². The van der Waals surface area contributed by atoms with E-state index in [0.717, 1.165) is 34.5 Å².